The maximum atomic E-state index is 11.8. The van der Waals surface area contributed by atoms with E-state index in [9.17, 15) is 8.42 Å². The normalized spacial score (nSPS) is 20.6. The molecule has 1 aliphatic heterocycles. The van der Waals surface area contributed by atoms with Crippen LogP contribution < -0.4 is 5.73 Å². The fourth-order valence-electron chi connectivity index (χ4n) is 1.40. The van der Waals surface area contributed by atoms with Gasteiger partial charge in [0.2, 0.25) is 10.0 Å². The first-order valence-electron chi connectivity index (χ1n) is 4.92. The molecule has 0 saturated carbocycles. The molecule has 0 aromatic heterocycles. The summed E-state index contributed by atoms with van der Waals surface area (Å²) in [6.07, 6.45) is 1.53. The molecule has 1 saturated heterocycles. The Morgan fingerprint density at radius 3 is 2.79 bits per heavy atom. The molecule has 1 aliphatic rings. The minimum absolute atomic E-state index is 0.203. The van der Waals surface area contributed by atoms with Gasteiger partial charge in [-0.1, -0.05) is 0 Å². The Morgan fingerprint density at radius 2 is 2.07 bits per heavy atom. The van der Waals surface area contributed by atoms with E-state index in [1.165, 1.54) is 0 Å². The summed E-state index contributed by atoms with van der Waals surface area (Å²) in [6.45, 7) is 1.79. The van der Waals surface area contributed by atoms with Gasteiger partial charge in [0.15, 0.2) is 0 Å². The van der Waals surface area contributed by atoms with Crippen molar-refractivity contribution in [2.45, 2.75) is 12.8 Å². The minimum atomic E-state index is -3.03. The molecule has 84 valence electrons. The lowest BCUT2D eigenvalue weighted by molar-refractivity contribution is 0.434. The number of rotatable bonds is 4. The molecule has 4 nitrogen and oxygen atoms in total. The molecule has 1 rings (SSSR count). The smallest absolute Gasteiger partial charge is 0.214 e. The molecule has 0 amide bonds. The lowest BCUT2D eigenvalue weighted by Crippen LogP contribution is -2.35. The van der Waals surface area contributed by atoms with Crippen LogP contribution >= 0.6 is 11.8 Å². The van der Waals surface area contributed by atoms with Gasteiger partial charge in [0.1, 0.15) is 0 Å². The Kier molecular flexibility index (Phi) is 5.22. The van der Waals surface area contributed by atoms with E-state index >= 15 is 0 Å². The number of thioether (sulfide) groups is 1. The first-order valence-corrected chi connectivity index (χ1v) is 7.69. The van der Waals surface area contributed by atoms with Crippen molar-refractivity contribution >= 4 is 21.8 Å². The Bertz CT molecular complexity index is 246. The highest BCUT2D eigenvalue weighted by Gasteiger charge is 2.21. The fraction of sp³-hybridized carbons (Fsp3) is 1.00. The Hall–Kier alpha value is 0.220. The van der Waals surface area contributed by atoms with E-state index in [1.54, 1.807) is 4.31 Å². The quantitative estimate of drug-likeness (QED) is 0.755. The summed E-state index contributed by atoms with van der Waals surface area (Å²) in [6, 6.07) is 0. The highest BCUT2D eigenvalue weighted by Crippen LogP contribution is 2.13. The van der Waals surface area contributed by atoms with Gasteiger partial charge in [0.25, 0.3) is 0 Å². The average molecular weight is 238 g/mol. The van der Waals surface area contributed by atoms with E-state index in [0.717, 1.165) is 17.9 Å². The molecule has 0 aromatic carbocycles. The van der Waals surface area contributed by atoms with Crippen LogP contribution in [-0.4, -0.2) is 49.6 Å². The SMILES string of the molecule is NCCCS(=O)(=O)N1CCCSCC1. The molecule has 1 heterocycles. The van der Waals surface area contributed by atoms with Gasteiger partial charge in [-0.3, -0.25) is 0 Å². The lowest BCUT2D eigenvalue weighted by Gasteiger charge is -2.19. The molecule has 0 aromatic rings. The van der Waals surface area contributed by atoms with Crippen LogP contribution in [0.5, 0.6) is 0 Å². The molecule has 0 radical (unpaired) electrons. The maximum absolute atomic E-state index is 11.8. The van der Waals surface area contributed by atoms with Gasteiger partial charge in [0, 0.05) is 18.8 Å². The first-order chi connectivity index (χ1) is 6.67. The van der Waals surface area contributed by atoms with E-state index in [-0.39, 0.29) is 5.75 Å². The molecule has 0 bridgehead atoms. The van der Waals surface area contributed by atoms with E-state index in [1.807, 2.05) is 11.8 Å². The second-order valence-electron chi connectivity index (χ2n) is 3.32. The van der Waals surface area contributed by atoms with Crippen molar-refractivity contribution in [3.8, 4) is 0 Å². The first kappa shape index (κ1) is 12.3. The number of nitrogens with zero attached hydrogens (tertiary/aromatic N) is 1. The molecular formula is C8H18N2O2S2. The third-order valence-corrected chi connectivity index (χ3v) is 5.19. The molecule has 0 atom stereocenters. The topological polar surface area (TPSA) is 63.4 Å². The zero-order valence-electron chi connectivity index (χ0n) is 8.31. The number of hydrogen-bond acceptors (Lipinski definition) is 4. The summed E-state index contributed by atoms with van der Waals surface area (Å²) in [7, 11) is -3.03. The zero-order chi connectivity index (χ0) is 10.4. The van der Waals surface area contributed by atoms with Gasteiger partial charge in [-0.05, 0) is 25.1 Å². The van der Waals surface area contributed by atoms with E-state index in [4.69, 9.17) is 5.73 Å². The standard InChI is InChI=1S/C8H18N2O2S2/c9-3-1-8-14(11,12)10-4-2-6-13-7-5-10/h1-9H2. The van der Waals surface area contributed by atoms with Crippen LogP contribution in [0.15, 0.2) is 0 Å². The second kappa shape index (κ2) is 5.95. The van der Waals surface area contributed by atoms with Crippen LogP contribution in [0.4, 0.5) is 0 Å². The Balaban J connectivity index is 2.51. The van der Waals surface area contributed by atoms with Crippen LogP contribution in [0, 0.1) is 0 Å². The highest BCUT2D eigenvalue weighted by molar-refractivity contribution is 7.99. The summed E-state index contributed by atoms with van der Waals surface area (Å²) in [5.74, 6) is 2.19. The van der Waals surface area contributed by atoms with Crippen molar-refractivity contribution in [1.82, 2.24) is 4.31 Å². The van der Waals surface area contributed by atoms with Gasteiger partial charge in [-0.2, -0.15) is 11.8 Å². The Morgan fingerprint density at radius 1 is 1.29 bits per heavy atom. The van der Waals surface area contributed by atoms with Crippen LogP contribution in [0.3, 0.4) is 0 Å². The highest BCUT2D eigenvalue weighted by atomic mass is 32.2. The van der Waals surface area contributed by atoms with Crippen molar-refractivity contribution in [2.24, 2.45) is 5.73 Å². The van der Waals surface area contributed by atoms with Crippen molar-refractivity contribution in [3.63, 3.8) is 0 Å². The third-order valence-electron chi connectivity index (χ3n) is 2.18. The van der Waals surface area contributed by atoms with Crippen LogP contribution in [0.2, 0.25) is 0 Å². The maximum Gasteiger partial charge on any atom is 0.214 e. The number of sulfonamides is 1. The van der Waals surface area contributed by atoms with Gasteiger partial charge in [-0.15, -0.1) is 0 Å². The molecule has 1 fully saturated rings. The summed E-state index contributed by atoms with van der Waals surface area (Å²) in [4.78, 5) is 0. The van der Waals surface area contributed by atoms with Gasteiger partial charge in [-0.25, -0.2) is 12.7 Å². The summed E-state index contributed by atoms with van der Waals surface area (Å²) in [5.41, 5.74) is 5.31. The van der Waals surface area contributed by atoms with Crippen molar-refractivity contribution in [1.29, 1.82) is 0 Å². The van der Waals surface area contributed by atoms with Crippen LogP contribution in [-0.2, 0) is 10.0 Å². The number of nitrogens with two attached hydrogens (primary N) is 1. The molecule has 14 heavy (non-hydrogen) atoms. The monoisotopic (exact) mass is 238 g/mol. The predicted octanol–water partition coefficient (Wildman–Crippen LogP) is 0.104. The van der Waals surface area contributed by atoms with Crippen LogP contribution in [0.25, 0.3) is 0 Å². The van der Waals surface area contributed by atoms with Crippen molar-refractivity contribution in [3.05, 3.63) is 0 Å². The predicted molar refractivity (Wildman–Crippen MR) is 61.0 cm³/mol. The third kappa shape index (κ3) is 3.76. The molecule has 0 spiro atoms. The van der Waals surface area contributed by atoms with Crippen molar-refractivity contribution < 1.29 is 8.42 Å². The van der Waals surface area contributed by atoms with E-state index in [2.05, 4.69) is 0 Å². The zero-order valence-corrected chi connectivity index (χ0v) is 9.95. The summed E-state index contributed by atoms with van der Waals surface area (Å²) < 4.78 is 25.1. The minimum Gasteiger partial charge on any atom is -0.330 e. The molecule has 6 heteroatoms. The second-order valence-corrected chi connectivity index (χ2v) is 6.64. The molecular weight excluding hydrogens is 220 g/mol. The summed E-state index contributed by atoms with van der Waals surface area (Å²) in [5, 5.41) is 0. The van der Waals surface area contributed by atoms with E-state index in [0.29, 0.717) is 26.1 Å². The Labute approximate surface area is 90.3 Å². The molecule has 2 N–H and O–H groups in total. The summed E-state index contributed by atoms with van der Waals surface area (Å²) >= 11 is 1.83. The average Bonchev–Trinajstić information content (AvgIpc) is 2.43. The van der Waals surface area contributed by atoms with Gasteiger partial charge in [0.05, 0.1) is 5.75 Å². The van der Waals surface area contributed by atoms with Crippen molar-refractivity contribution in [2.75, 3.05) is 36.9 Å². The molecule has 0 aliphatic carbocycles. The van der Waals surface area contributed by atoms with Gasteiger partial charge >= 0.3 is 0 Å². The lowest BCUT2D eigenvalue weighted by atomic mass is 10.5. The van der Waals surface area contributed by atoms with E-state index < -0.39 is 10.0 Å². The fourth-order valence-corrected chi connectivity index (χ4v) is 3.96. The molecule has 0 unspecified atom stereocenters. The largest absolute Gasteiger partial charge is 0.330 e. The van der Waals surface area contributed by atoms with Crippen LogP contribution in [0.1, 0.15) is 12.8 Å². The number of hydrogen-bond donors (Lipinski definition) is 1. The van der Waals surface area contributed by atoms with Gasteiger partial charge < -0.3 is 5.73 Å².